The van der Waals surface area contributed by atoms with Gasteiger partial charge in [0.05, 0.1) is 5.75 Å². The molecule has 1 aromatic rings. The zero-order chi connectivity index (χ0) is 15.2. The fourth-order valence-corrected chi connectivity index (χ4v) is 3.58. The van der Waals surface area contributed by atoms with E-state index in [1.165, 1.54) is 24.6 Å². The number of carboxylic acids is 1. The quantitative estimate of drug-likeness (QED) is 0.744. The van der Waals surface area contributed by atoms with Crippen LogP contribution in [0.4, 0.5) is 5.95 Å². The molecule has 0 spiro atoms. The van der Waals surface area contributed by atoms with E-state index in [1.807, 2.05) is 0 Å². The molecule has 1 N–H and O–H groups in total. The third kappa shape index (κ3) is 3.90. The van der Waals surface area contributed by atoms with E-state index in [-0.39, 0.29) is 5.75 Å². The van der Waals surface area contributed by atoms with Crippen molar-refractivity contribution in [2.24, 2.45) is 0 Å². The van der Waals surface area contributed by atoms with E-state index < -0.39 is 5.97 Å². The summed E-state index contributed by atoms with van der Waals surface area (Å²) in [5, 5.41) is 18.2. The Hall–Kier alpha value is -1.24. The molecule has 6 nitrogen and oxygen atoms in total. The molecule has 21 heavy (non-hydrogen) atoms. The number of carboxylic acid groups (broad SMARTS) is 1. The SMILES string of the molecule is CCCN(CC)c1nnc(SCC(=O)O)n1C1CCCC1. The second-order valence-electron chi connectivity index (χ2n) is 5.35. The molecular weight excluding hydrogens is 288 g/mol. The van der Waals surface area contributed by atoms with Gasteiger partial charge in [-0.05, 0) is 26.2 Å². The van der Waals surface area contributed by atoms with E-state index in [2.05, 4.69) is 33.5 Å². The van der Waals surface area contributed by atoms with Crippen LogP contribution >= 0.6 is 11.8 Å². The predicted molar refractivity (Wildman–Crippen MR) is 84.1 cm³/mol. The maximum absolute atomic E-state index is 10.8. The first kappa shape index (κ1) is 16.1. The molecule has 0 saturated heterocycles. The Bertz CT molecular complexity index is 472. The molecule has 1 aliphatic carbocycles. The van der Waals surface area contributed by atoms with Gasteiger partial charge in [0.15, 0.2) is 5.16 Å². The van der Waals surface area contributed by atoms with Crippen LogP contribution < -0.4 is 4.90 Å². The summed E-state index contributed by atoms with van der Waals surface area (Å²) >= 11 is 1.27. The van der Waals surface area contributed by atoms with Crippen molar-refractivity contribution in [3.63, 3.8) is 0 Å². The van der Waals surface area contributed by atoms with Gasteiger partial charge in [-0.25, -0.2) is 0 Å². The maximum Gasteiger partial charge on any atom is 0.313 e. The van der Waals surface area contributed by atoms with Gasteiger partial charge >= 0.3 is 5.97 Å². The Morgan fingerprint density at radius 3 is 2.67 bits per heavy atom. The average Bonchev–Trinajstić information content (AvgIpc) is 3.10. The molecule has 1 heterocycles. The van der Waals surface area contributed by atoms with E-state index in [0.29, 0.717) is 6.04 Å². The molecule has 1 fully saturated rings. The highest BCUT2D eigenvalue weighted by molar-refractivity contribution is 7.99. The van der Waals surface area contributed by atoms with Gasteiger partial charge in [-0.15, -0.1) is 10.2 Å². The van der Waals surface area contributed by atoms with Crippen LogP contribution in [-0.2, 0) is 4.79 Å². The van der Waals surface area contributed by atoms with E-state index in [0.717, 1.165) is 43.5 Å². The van der Waals surface area contributed by atoms with Gasteiger partial charge in [0, 0.05) is 19.1 Å². The second kappa shape index (κ2) is 7.68. The van der Waals surface area contributed by atoms with Crippen molar-refractivity contribution in [1.82, 2.24) is 14.8 Å². The summed E-state index contributed by atoms with van der Waals surface area (Å²) in [5.74, 6) is 0.118. The highest BCUT2D eigenvalue weighted by Crippen LogP contribution is 2.36. The number of hydrogen-bond acceptors (Lipinski definition) is 5. The lowest BCUT2D eigenvalue weighted by Gasteiger charge is -2.25. The molecule has 0 aromatic carbocycles. The van der Waals surface area contributed by atoms with Crippen LogP contribution in [0.2, 0.25) is 0 Å². The molecule has 7 heteroatoms. The average molecular weight is 312 g/mol. The van der Waals surface area contributed by atoms with Gasteiger partial charge in [-0.2, -0.15) is 0 Å². The molecule has 0 radical (unpaired) electrons. The number of anilines is 1. The second-order valence-corrected chi connectivity index (χ2v) is 6.30. The lowest BCUT2D eigenvalue weighted by molar-refractivity contribution is -0.133. The summed E-state index contributed by atoms with van der Waals surface area (Å²) in [6, 6.07) is 0.414. The molecule has 1 aliphatic rings. The topological polar surface area (TPSA) is 71.2 Å². The molecular formula is C14H24N4O2S. The lowest BCUT2D eigenvalue weighted by Crippen LogP contribution is -2.28. The molecule has 1 saturated carbocycles. The van der Waals surface area contributed by atoms with Gasteiger partial charge in [0.25, 0.3) is 0 Å². The molecule has 1 aromatic heterocycles. The summed E-state index contributed by atoms with van der Waals surface area (Å²) in [5.41, 5.74) is 0. The van der Waals surface area contributed by atoms with Crippen LogP contribution in [0.15, 0.2) is 5.16 Å². The normalized spacial score (nSPS) is 15.5. The smallest absolute Gasteiger partial charge is 0.313 e. The van der Waals surface area contributed by atoms with Gasteiger partial charge in [-0.3, -0.25) is 9.36 Å². The third-order valence-corrected chi connectivity index (χ3v) is 4.75. The number of thioether (sulfide) groups is 1. The number of carbonyl (C=O) groups is 1. The summed E-state index contributed by atoms with van der Waals surface area (Å²) in [7, 11) is 0. The van der Waals surface area contributed by atoms with Crippen LogP contribution in [0.1, 0.15) is 52.0 Å². The highest BCUT2D eigenvalue weighted by atomic mass is 32.2. The summed E-state index contributed by atoms with van der Waals surface area (Å²) in [4.78, 5) is 13.0. The molecule has 2 rings (SSSR count). The first-order valence-electron chi connectivity index (χ1n) is 7.71. The van der Waals surface area contributed by atoms with Crippen molar-refractivity contribution in [2.45, 2.75) is 57.1 Å². The highest BCUT2D eigenvalue weighted by Gasteiger charge is 2.26. The largest absolute Gasteiger partial charge is 0.481 e. The number of hydrogen-bond donors (Lipinski definition) is 1. The monoisotopic (exact) mass is 312 g/mol. The Morgan fingerprint density at radius 2 is 2.10 bits per heavy atom. The van der Waals surface area contributed by atoms with Crippen LogP contribution in [-0.4, -0.2) is 44.7 Å². The van der Waals surface area contributed by atoms with E-state index in [9.17, 15) is 4.79 Å². The van der Waals surface area contributed by atoms with Crippen LogP contribution in [0.5, 0.6) is 0 Å². The van der Waals surface area contributed by atoms with Crippen molar-refractivity contribution in [1.29, 1.82) is 0 Å². The zero-order valence-electron chi connectivity index (χ0n) is 12.8. The Balaban J connectivity index is 2.28. The molecule has 0 atom stereocenters. The Morgan fingerprint density at radius 1 is 1.38 bits per heavy atom. The van der Waals surface area contributed by atoms with Crippen molar-refractivity contribution in [3.05, 3.63) is 0 Å². The molecule has 118 valence electrons. The summed E-state index contributed by atoms with van der Waals surface area (Å²) in [6.45, 7) is 6.11. The van der Waals surface area contributed by atoms with Crippen molar-refractivity contribution in [3.8, 4) is 0 Å². The van der Waals surface area contributed by atoms with Crippen LogP contribution in [0, 0.1) is 0 Å². The van der Waals surface area contributed by atoms with E-state index in [1.54, 1.807) is 0 Å². The minimum atomic E-state index is -0.816. The molecule has 0 aliphatic heterocycles. The summed E-state index contributed by atoms with van der Waals surface area (Å²) < 4.78 is 2.18. The minimum absolute atomic E-state index is 0.0325. The number of rotatable bonds is 8. The van der Waals surface area contributed by atoms with Crippen molar-refractivity contribution in [2.75, 3.05) is 23.7 Å². The van der Waals surface area contributed by atoms with Crippen molar-refractivity contribution < 1.29 is 9.90 Å². The minimum Gasteiger partial charge on any atom is -0.481 e. The van der Waals surface area contributed by atoms with E-state index >= 15 is 0 Å². The van der Waals surface area contributed by atoms with E-state index in [4.69, 9.17) is 5.11 Å². The molecule has 0 bridgehead atoms. The molecule has 0 amide bonds. The standard InChI is InChI=1S/C14H24N4O2S/c1-3-9-17(4-2)13-15-16-14(21-10-12(19)20)18(13)11-7-5-6-8-11/h11H,3-10H2,1-2H3,(H,19,20). The number of nitrogens with zero attached hydrogens (tertiary/aromatic N) is 4. The van der Waals surface area contributed by atoms with Gasteiger partial charge in [0.2, 0.25) is 5.95 Å². The number of aliphatic carboxylic acids is 1. The Labute approximate surface area is 129 Å². The third-order valence-electron chi connectivity index (χ3n) is 3.82. The number of aromatic nitrogens is 3. The fraction of sp³-hybridized carbons (Fsp3) is 0.786. The van der Waals surface area contributed by atoms with Crippen LogP contribution in [0.3, 0.4) is 0 Å². The molecule has 0 unspecified atom stereocenters. The first-order chi connectivity index (χ1) is 10.2. The van der Waals surface area contributed by atoms with Gasteiger partial charge in [-0.1, -0.05) is 31.5 Å². The van der Waals surface area contributed by atoms with Crippen LogP contribution in [0.25, 0.3) is 0 Å². The Kier molecular flexibility index (Phi) is 5.90. The zero-order valence-corrected chi connectivity index (χ0v) is 13.6. The lowest BCUT2D eigenvalue weighted by atomic mass is 10.2. The van der Waals surface area contributed by atoms with Gasteiger partial charge in [0.1, 0.15) is 0 Å². The van der Waals surface area contributed by atoms with Crippen molar-refractivity contribution >= 4 is 23.7 Å². The van der Waals surface area contributed by atoms with Gasteiger partial charge < -0.3 is 10.0 Å². The first-order valence-corrected chi connectivity index (χ1v) is 8.70. The maximum atomic E-state index is 10.8. The fourth-order valence-electron chi connectivity index (χ4n) is 2.86. The summed E-state index contributed by atoms with van der Waals surface area (Å²) in [6.07, 6.45) is 5.78. The predicted octanol–water partition coefficient (Wildman–Crippen LogP) is 2.81.